The highest BCUT2D eigenvalue weighted by Crippen LogP contribution is 2.32. The van der Waals surface area contributed by atoms with Crippen LogP contribution in [0, 0.1) is 0 Å². The number of methoxy groups -OCH3 is 1. The fourth-order valence-electron chi connectivity index (χ4n) is 3.18. The topological polar surface area (TPSA) is 79.9 Å². The number of anilines is 1. The van der Waals surface area contributed by atoms with Crippen molar-refractivity contribution < 1.29 is 19.1 Å². The number of thiocarbonyl (C=S) groups is 1. The van der Waals surface area contributed by atoms with Gasteiger partial charge in [0.25, 0.3) is 0 Å². The largest absolute Gasteiger partial charge is 0.460 e. The van der Waals surface area contributed by atoms with Crippen molar-refractivity contribution in [1.82, 2.24) is 10.2 Å². The Bertz CT molecular complexity index is 777. The van der Waals surface area contributed by atoms with Gasteiger partial charge in [-0.3, -0.25) is 4.79 Å². The standard InChI is InChI=1S/C21H29N3O4S/c1-5-7-17(25)22-16-10-8-15(9-11-16)19-18(20(26)28-13-12-27-4)14(3)24(6-2)21(29)23-19/h8-11,19H,5-7,12-13H2,1-4H3,(H,22,25)(H,23,29). The van der Waals surface area contributed by atoms with E-state index in [1.165, 1.54) is 0 Å². The van der Waals surface area contributed by atoms with Gasteiger partial charge in [0.15, 0.2) is 5.11 Å². The van der Waals surface area contributed by atoms with E-state index < -0.39 is 12.0 Å². The summed E-state index contributed by atoms with van der Waals surface area (Å²) in [5.74, 6) is -0.424. The molecule has 0 aromatic heterocycles. The van der Waals surface area contributed by atoms with Crippen LogP contribution in [0.1, 0.15) is 45.2 Å². The van der Waals surface area contributed by atoms with Crippen LogP contribution < -0.4 is 10.6 Å². The number of amides is 1. The number of carbonyl (C=O) groups is 2. The molecule has 1 aromatic carbocycles. The zero-order chi connectivity index (χ0) is 21.4. The number of hydrogen-bond donors (Lipinski definition) is 2. The third-order valence-electron chi connectivity index (χ3n) is 4.66. The third kappa shape index (κ3) is 5.77. The highest BCUT2D eigenvalue weighted by Gasteiger charge is 2.34. The summed E-state index contributed by atoms with van der Waals surface area (Å²) in [5, 5.41) is 6.67. The van der Waals surface area contributed by atoms with Crippen LogP contribution in [0.3, 0.4) is 0 Å². The smallest absolute Gasteiger partial charge is 0.338 e. The highest BCUT2D eigenvalue weighted by atomic mass is 32.1. The fraction of sp³-hybridized carbons (Fsp3) is 0.476. The third-order valence-corrected chi connectivity index (χ3v) is 5.00. The summed E-state index contributed by atoms with van der Waals surface area (Å²) in [5.41, 5.74) is 2.85. The lowest BCUT2D eigenvalue weighted by Crippen LogP contribution is -2.47. The maximum Gasteiger partial charge on any atom is 0.338 e. The van der Waals surface area contributed by atoms with Crippen LogP contribution in [0.5, 0.6) is 0 Å². The van der Waals surface area contributed by atoms with Gasteiger partial charge in [-0.05, 0) is 50.2 Å². The molecular formula is C21H29N3O4S. The molecule has 1 unspecified atom stereocenters. The molecular weight excluding hydrogens is 390 g/mol. The van der Waals surface area contributed by atoms with E-state index in [-0.39, 0.29) is 12.5 Å². The van der Waals surface area contributed by atoms with Crippen molar-refractivity contribution in [3.8, 4) is 0 Å². The number of nitrogens with one attached hydrogen (secondary N) is 2. The zero-order valence-electron chi connectivity index (χ0n) is 17.4. The lowest BCUT2D eigenvalue weighted by atomic mass is 9.95. The fourth-order valence-corrected chi connectivity index (χ4v) is 3.57. The summed E-state index contributed by atoms with van der Waals surface area (Å²) in [6.45, 7) is 6.95. The van der Waals surface area contributed by atoms with E-state index in [0.29, 0.717) is 35.9 Å². The molecule has 0 radical (unpaired) electrons. The number of allylic oxidation sites excluding steroid dienone is 1. The van der Waals surface area contributed by atoms with Crippen LogP contribution in [0.2, 0.25) is 0 Å². The maximum atomic E-state index is 12.8. The SMILES string of the molecule is CCCC(=O)Nc1ccc(C2NC(=S)N(CC)C(C)=C2C(=O)OCCOC)cc1. The molecule has 29 heavy (non-hydrogen) atoms. The average molecular weight is 420 g/mol. The number of carbonyl (C=O) groups excluding carboxylic acids is 2. The van der Waals surface area contributed by atoms with E-state index in [1.54, 1.807) is 7.11 Å². The molecule has 0 aliphatic carbocycles. The Morgan fingerprint density at radius 1 is 1.21 bits per heavy atom. The Labute approximate surface area is 177 Å². The van der Waals surface area contributed by atoms with Crippen LogP contribution in [-0.4, -0.2) is 48.8 Å². The summed E-state index contributed by atoms with van der Waals surface area (Å²) >= 11 is 5.49. The summed E-state index contributed by atoms with van der Waals surface area (Å²) in [4.78, 5) is 26.5. The van der Waals surface area contributed by atoms with Crippen molar-refractivity contribution in [2.24, 2.45) is 0 Å². The van der Waals surface area contributed by atoms with E-state index in [1.807, 2.05) is 49.9 Å². The van der Waals surface area contributed by atoms with E-state index in [0.717, 1.165) is 17.7 Å². The Morgan fingerprint density at radius 2 is 1.90 bits per heavy atom. The molecule has 1 atom stereocenters. The quantitative estimate of drug-likeness (QED) is 0.362. The van der Waals surface area contributed by atoms with Crippen molar-refractivity contribution >= 4 is 34.9 Å². The van der Waals surface area contributed by atoms with Gasteiger partial charge in [-0.15, -0.1) is 0 Å². The molecule has 2 rings (SSSR count). The molecule has 0 saturated carbocycles. The molecule has 0 spiro atoms. The number of hydrogen-bond acceptors (Lipinski definition) is 5. The zero-order valence-corrected chi connectivity index (χ0v) is 18.2. The number of benzene rings is 1. The minimum absolute atomic E-state index is 0.0195. The monoisotopic (exact) mass is 419 g/mol. The first kappa shape index (κ1) is 22.8. The second-order valence-corrected chi connectivity index (χ2v) is 7.06. The second-order valence-electron chi connectivity index (χ2n) is 6.67. The second kappa shape index (κ2) is 10.9. The molecule has 8 heteroatoms. The highest BCUT2D eigenvalue weighted by molar-refractivity contribution is 7.80. The molecule has 7 nitrogen and oxygen atoms in total. The molecule has 1 amide bonds. The van der Waals surface area contributed by atoms with Crippen molar-refractivity contribution in [1.29, 1.82) is 0 Å². The Hall–Kier alpha value is -2.45. The molecule has 1 aromatic rings. The van der Waals surface area contributed by atoms with Gasteiger partial charge in [0.1, 0.15) is 6.61 Å². The van der Waals surface area contributed by atoms with Gasteiger partial charge in [0, 0.05) is 31.5 Å². The maximum absolute atomic E-state index is 12.8. The Morgan fingerprint density at radius 3 is 2.48 bits per heavy atom. The summed E-state index contributed by atoms with van der Waals surface area (Å²) in [6.07, 6.45) is 1.27. The van der Waals surface area contributed by atoms with E-state index in [9.17, 15) is 9.59 Å². The van der Waals surface area contributed by atoms with E-state index in [4.69, 9.17) is 21.7 Å². The first-order chi connectivity index (χ1) is 13.9. The predicted octanol–water partition coefficient (Wildman–Crippen LogP) is 3.14. The summed E-state index contributed by atoms with van der Waals surface area (Å²) < 4.78 is 10.4. The minimum atomic E-state index is -0.430. The van der Waals surface area contributed by atoms with Crippen LogP contribution in [-0.2, 0) is 19.1 Å². The molecule has 158 valence electrons. The Kier molecular flexibility index (Phi) is 8.60. The lowest BCUT2D eigenvalue weighted by molar-refractivity contribution is -0.140. The molecule has 1 heterocycles. The van der Waals surface area contributed by atoms with Gasteiger partial charge in [0.05, 0.1) is 18.2 Å². The van der Waals surface area contributed by atoms with Gasteiger partial charge in [-0.25, -0.2) is 4.79 Å². The number of nitrogens with zero attached hydrogens (tertiary/aromatic N) is 1. The summed E-state index contributed by atoms with van der Waals surface area (Å²) in [6, 6.07) is 6.96. The minimum Gasteiger partial charge on any atom is -0.460 e. The van der Waals surface area contributed by atoms with E-state index in [2.05, 4.69) is 10.6 Å². The number of esters is 1. The van der Waals surface area contributed by atoms with Crippen molar-refractivity contribution in [3.63, 3.8) is 0 Å². The van der Waals surface area contributed by atoms with Crippen LogP contribution in [0.4, 0.5) is 5.69 Å². The van der Waals surface area contributed by atoms with Gasteiger partial charge in [-0.2, -0.15) is 0 Å². The van der Waals surface area contributed by atoms with Crippen molar-refractivity contribution in [2.45, 2.75) is 39.7 Å². The van der Waals surface area contributed by atoms with Gasteiger partial charge < -0.3 is 25.0 Å². The molecule has 1 aliphatic heterocycles. The van der Waals surface area contributed by atoms with Gasteiger partial charge in [0.2, 0.25) is 5.91 Å². The first-order valence-corrected chi connectivity index (χ1v) is 10.2. The average Bonchev–Trinajstić information content (AvgIpc) is 2.68. The van der Waals surface area contributed by atoms with Gasteiger partial charge >= 0.3 is 5.97 Å². The van der Waals surface area contributed by atoms with E-state index >= 15 is 0 Å². The molecule has 2 N–H and O–H groups in total. The van der Waals surface area contributed by atoms with Crippen molar-refractivity contribution in [3.05, 3.63) is 41.1 Å². The predicted molar refractivity (Wildman–Crippen MR) is 116 cm³/mol. The van der Waals surface area contributed by atoms with Crippen LogP contribution >= 0.6 is 12.2 Å². The first-order valence-electron chi connectivity index (χ1n) is 9.77. The number of ether oxygens (including phenoxy) is 2. The van der Waals surface area contributed by atoms with Crippen LogP contribution in [0.15, 0.2) is 35.5 Å². The summed E-state index contributed by atoms with van der Waals surface area (Å²) in [7, 11) is 1.56. The van der Waals surface area contributed by atoms with Crippen LogP contribution in [0.25, 0.3) is 0 Å². The lowest BCUT2D eigenvalue weighted by Gasteiger charge is -2.37. The van der Waals surface area contributed by atoms with Crippen molar-refractivity contribution in [2.75, 3.05) is 32.2 Å². The number of rotatable bonds is 9. The molecule has 1 aliphatic rings. The molecule has 0 saturated heterocycles. The normalized spacial score (nSPS) is 16.5. The molecule has 0 fully saturated rings. The molecule has 0 bridgehead atoms. The van der Waals surface area contributed by atoms with Gasteiger partial charge in [-0.1, -0.05) is 19.1 Å². The Balaban J connectivity index is 2.30.